The van der Waals surface area contributed by atoms with Crippen LogP contribution < -0.4 is 0 Å². The predicted octanol–water partition coefficient (Wildman–Crippen LogP) is 4.74. The molecule has 0 aliphatic rings. The summed E-state index contributed by atoms with van der Waals surface area (Å²) < 4.78 is 18.7. The Morgan fingerprint density at radius 2 is 0.700 bits per heavy atom. The lowest BCUT2D eigenvalue weighted by atomic mass is 10.1. The lowest BCUT2D eigenvalue weighted by molar-refractivity contribution is -0.0310. The molecule has 3 unspecified atom stereocenters. The molecule has 0 aromatic rings. The fourth-order valence-corrected chi connectivity index (χ4v) is 4.51. The first kappa shape index (κ1) is 20.1. The first-order valence-electron chi connectivity index (χ1n) is 8.02. The van der Waals surface area contributed by atoms with Crippen molar-refractivity contribution in [2.75, 3.05) is 0 Å². The zero-order valence-corrected chi connectivity index (χ0v) is 16.2. The Morgan fingerprint density at radius 3 is 0.850 bits per heavy atom. The van der Waals surface area contributed by atoms with Crippen LogP contribution in [0.25, 0.3) is 0 Å². The monoisotopic (exact) mass is 304 g/mol. The first-order valence-corrected chi connectivity index (χ1v) is 10.2. The van der Waals surface area contributed by atoms with Crippen LogP contribution in [0.5, 0.6) is 0 Å². The van der Waals surface area contributed by atoms with Gasteiger partial charge in [0.1, 0.15) is 0 Å². The van der Waals surface area contributed by atoms with Gasteiger partial charge in [0, 0.05) is 24.9 Å². The molecular weight excluding hydrogens is 268 g/mol. The molecule has 3 atom stereocenters. The summed E-state index contributed by atoms with van der Waals surface area (Å²) >= 11 is 0. The van der Waals surface area contributed by atoms with Crippen molar-refractivity contribution in [3.05, 3.63) is 0 Å². The molecule has 0 spiro atoms. The average Bonchev–Trinajstić information content (AvgIpc) is 2.27. The van der Waals surface area contributed by atoms with Gasteiger partial charge in [-0.2, -0.15) is 0 Å². The normalized spacial score (nSPS) is 20.2. The van der Waals surface area contributed by atoms with Gasteiger partial charge >= 0.3 is 8.80 Å². The largest absolute Gasteiger partial charge is 0.498 e. The van der Waals surface area contributed by atoms with E-state index in [0.717, 1.165) is 0 Å². The van der Waals surface area contributed by atoms with Crippen LogP contribution in [-0.2, 0) is 13.3 Å². The Bertz CT molecular complexity index is 226. The fourth-order valence-electron chi connectivity index (χ4n) is 1.50. The third-order valence-corrected chi connectivity index (χ3v) is 6.42. The summed E-state index contributed by atoms with van der Waals surface area (Å²) in [7, 11) is -2.63. The van der Waals surface area contributed by atoms with E-state index in [1.165, 1.54) is 0 Å². The van der Waals surface area contributed by atoms with Crippen molar-refractivity contribution in [3.63, 3.8) is 0 Å². The van der Waals surface area contributed by atoms with E-state index in [1.807, 2.05) is 6.55 Å². The van der Waals surface area contributed by atoms with Crippen LogP contribution in [0.3, 0.4) is 0 Å². The van der Waals surface area contributed by atoms with Crippen LogP contribution in [0.15, 0.2) is 0 Å². The fraction of sp³-hybridized carbons (Fsp3) is 1.00. The Balaban J connectivity index is 4.92. The number of hydrogen-bond acceptors (Lipinski definition) is 3. The Morgan fingerprint density at radius 1 is 0.500 bits per heavy atom. The second-order valence-corrected chi connectivity index (χ2v) is 9.50. The van der Waals surface area contributed by atoms with Gasteiger partial charge in [0.05, 0.1) is 0 Å². The molecule has 0 amide bonds. The van der Waals surface area contributed by atoms with Crippen molar-refractivity contribution in [1.82, 2.24) is 0 Å². The predicted molar refractivity (Wildman–Crippen MR) is 87.8 cm³/mol. The van der Waals surface area contributed by atoms with Gasteiger partial charge in [-0.25, -0.2) is 0 Å². The molecule has 0 N–H and O–H groups in total. The highest BCUT2D eigenvalue weighted by Crippen LogP contribution is 2.24. The van der Waals surface area contributed by atoms with Gasteiger partial charge in [0.25, 0.3) is 0 Å². The molecule has 0 aromatic carbocycles. The number of rotatable bonds is 9. The van der Waals surface area contributed by atoms with E-state index in [9.17, 15) is 0 Å². The van der Waals surface area contributed by atoms with Gasteiger partial charge in [-0.3, -0.25) is 0 Å². The van der Waals surface area contributed by atoms with E-state index in [2.05, 4.69) is 62.3 Å². The second-order valence-electron chi connectivity index (χ2n) is 7.06. The zero-order valence-electron chi connectivity index (χ0n) is 15.2. The highest BCUT2D eigenvalue weighted by molar-refractivity contribution is 6.59. The molecule has 0 saturated carbocycles. The molecule has 0 radical (unpaired) electrons. The summed E-state index contributed by atoms with van der Waals surface area (Å²) in [6, 6.07) is 0. The maximum atomic E-state index is 6.24. The van der Waals surface area contributed by atoms with Crippen LogP contribution in [0.1, 0.15) is 62.3 Å². The van der Waals surface area contributed by atoms with Crippen LogP contribution in [0.2, 0.25) is 6.55 Å². The van der Waals surface area contributed by atoms with E-state index in [1.54, 1.807) is 0 Å². The Hall–Kier alpha value is 0.0969. The minimum atomic E-state index is -2.63. The summed E-state index contributed by atoms with van der Waals surface area (Å²) in [6.45, 7) is 21.3. The van der Waals surface area contributed by atoms with Crippen molar-refractivity contribution in [1.29, 1.82) is 0 Å². The van der Waals surface area contributed by atoms with Crippen LogP contribution in [0.4, 0.5) is 0 Å². The van der Waals surface area contributed by atoms with Crippen molar-refractivity contribution in [2.45, 2.75) is 87.2 Å². The lowest BCUT2D eigenvalue weighted by Gasteiger charge is -2.36. The topological polar surface area (TPSA) is 27.7 Å². The van der Waals surface area contributed by atoms with Gasteiger partial charge in [-0.1, -0.05) is 41.5 Å². The molecule has 0 heterocycles. The number of hydrogen-bond donors (Lipinski definition) is 0. The summed E-state index contributed by atoms with van der Waals surface area (Å²) in [6.07, 6.45) is 0.432. The zero-order chi connectivity index (χ0) is 16.1. The average molecular weight is 305 g/mol. The molecule has 0 aliphatic heterocycles. The molecular formula is C16H36O3Si. The lowest BCUT2D eigenvalue weighted by Crippen LogP contribution is -2.51. The van der Waals surface area contributed by atoms with Crippen molar-refractivity contribution in [3.8, 4) is 0 Å². The van der Waals surface area contributed by atoms with Gasteiger partial charge in [-0.05, 0) is 38.5 Å². The van der Waals surface area contributed by atoms with Gasteiger partial charge in [0.2, 0.25) is 0 Å². The van der Waals surface area contributed by atoms with Crippen LogP contribution >= 0.6 is 0 Å². The molecule has 0 bridgehead atoms. The maximum Gasteiger partial charge on any atom is 0.498 e. The van der Waals surface area contributed by atoms with Crippen LogP contribution in [-0.4, -0.2) is 27.1 Å². The third kappa shape index (κ3) is 7.20. The van der Waals surface area contributed by atoms with E-state index in [4.69, 9.17) is 13.3 Å². The van der Waals surface area contributed by atoms with E-state index in [0.29, 0.717) is 17.8 Å². The third-order valence-electron chi connectivity index (χ3n) is 4.02. The SMILES string of the molecule is CC(C)C(C)O[Si](C)(OC(C)C(C)C)OC(C)C(C)C. The van der Waals surface area contributed by atoms with Gasteiger partial charge < -0.3 is 13.3 Å². The Kier molecular flexibility index (Phi) is 8.56. The van der Waals surface area contributed by atoms with Gasteiger partial charge in [-0.15, -0.1) is 0 Å². The van der Waals surface area contributed by atoms with Crippen molar-refractivity contribution < 1.29 is 13.3 Å². The molecule has 0 aromatic heterocycles. The highest BCUT2D eigenvalue weighted by atomic mass is 28.4. The quantitative estimate of drug-likeness (QED) is 0.576. The van der Waals surface area contributed by atoms with Crippen LogP contribution in [0, 0.1) is 17.8 Å². The standard InChI is InChI=1S/C16H36O3Si/c1-11(2)14(7)17-20(10,18-15(8)12(3)4)19-16(9)13(5)6/h11-16H,1-10H3. The summed E-state index contributed by atoms with van der Waals surface area (Å²) in [4.78, 5) is 0. The van der Waals surface area contributed by atoms with Crippen molar-refractivity contribution in [2.24, 2.45) is 17.8 Å². The first-order chi connectivity index (χ1) is 8.98. The van der Waals surface area contributed by atoms with E-state index < -0.39 is 8.80 Å². The molecule has 20 heavy (non-hydrogen) atoms. The van der Waals surface area contributed by atoms with Crippen molar-refractivity contribution >= 4 is 8.80 Å². The summed E-state index contributed by atoms with van der Waals surface area (Å²) in [5, 5.41) is 0. The molecule has 0 rings (SSSR count). The summed E-state index contributed by atoms with van der Waals surface area (Å²) in [5.74, 6) is 1.37. The molecule has 0 aliphatic carbocycles. The second kappa shape index (κ2) is 8.52. The van der Waals surface area contributed by atoms with E-state index in [-0.39, 0.29) is 18.3 Å². The Labute approximate surface area is 127 Å². The minimum absolute atomic E-state index is 0.144. The molecule has 0 fully saturated rings. The van der Waals surface area contributed by atoms with E-state index >= 15 is 0 Å². The molecule has 122 valence electrons. The maximum absolute atomic E-state index is 6.24. The minimum Gasteiger partial charge on any atom is -0.371 e. The molecule has 0 saturated heterocycles. The molecule has 4 heteroatoms. The van der Waals surface area contributed by atoms with Gasteiger partial charge in [0.15, 0.2) is 0 Å². The summed E-state index contributed by atoms with van der Waals surface area (Å²) in [5.41, 5.74) is 0. The molecule has 3 nitrogen and oxygen atoms in total. The highest BCUT2D eigenvalue weighted by Gasteiger charge is 2.41. The smallest absolute Gasteiger partial charge is 0.371 e.